The standard InChI is InChI=1S/C25H26N4O2S/c1-2-31-20-10-11-22-23(16-20)32-25(27-22)29-14-12-28(13-15-29)24(30)26-17-19-8-5-7-18-6-3-4-9-21(18)19/h3-11,16H,2,12-15,17H2,1H3,(H,26,30). The van der Waals surface area contributed by atoms with Crippen molar-refractivity contribution in [3.8, 4) is 5.75 Å². The molecule has 32 heavy (non-hydrogen) atoms. The van der Waals surface area contributed by atoms with Crippen LogP contribution in [0.5, 0.6) is 5.75 Å². The summed E-state index contributed by atoms with van der Waals surface area (Å²) in [6.07, 6.45) is 0. The molecule has 3 aromatic carbocycles. The number of carbonyl (C=O) groups is 1. The fourth-order valence-electron chi connectivity index (χ4n) is 4.11. The number of fused-ring (bicyclic) bond motifs is 2. The number of thiazole rings is 1. The first-order valence-corrected chi connectivity index (χ1v) is 11.8. The van der Waals surface area contributed by atoms with Gasteiger partial charge in [0, 0.05) is 32.7 Å². The van der Waals surface area contributed by atoms with Gasteiger partial charge in [-0.1, -0.05) is 53.8 Å². The molecule has 1 aliphatic heterocycles. The van der Waals surface area contributed by atoms with Crippen molar-refractivity contribution in [3.63, 3.8) is 0 Å². The average Bonchev–Trinajstić information content (AvgIpc) is 3.26. The van der Waals surface area contributed by atoms with Crippen LogP contribution in [0, 0.1) is 0 Å². The first-order chi connectivity index (χ1) is 15.7. The molecule has 0 bridgehead atoms. The summed E-state index contributed by atoms with van der Waals surface area (Å²) in [4.78, 5) is 21.7. The van der Waals surface area contributed by atoms with E-state index in [0.29, 0.717) is 26.2 Å². The average molecular weight is 447 g/mol. The van der Waals surface area contributed by atoms with Crippen LogP contribution in [0.15, 0.2) is 60.7 Å². The smallest absolute Gasteiger partial charge is 0.317 e. The first-order valence-electron chi connectivity index (χ1n) is 11.0. The summed E-state index contributed by atoms with van der Waals surface area (Å²) >= 11 is 1.68. The molecule has 164 valence electrons. The predicted molar refractivity (Wildman–Crippen MR) is 131 cm³/mol. The van der Waals surface area contributed by atoms with Crippen LogP contribution in [0.4, 0.5) is 9.93 Å². The summed E-state index contributed by atoms with van der Waals surface area (Å²) < 4.78 is 6.73. The molecule has 0 atom stereocenters. The largest absolute Gasteiger partial charge is 0.494 e. The van der Waals surface area contributed by atoms with Gasteiger partial charge in [0.05, 0.1) is 16.8 Å². The second-order valence-corrected chi connectivity index (χ2v) is 8.84. The monoisotopic (exact) mass is 446 g/mol. The Balaban J connectivity index is 1.19. The molecule has 1 N–H and O–H groups in total. The van der Waals surface area contributed by atoms with E-state index in [1.165, 1.54) is 10.8 Å². The van der Waals surface area contributed by atoms with E-state index in [2.05, 4.69) is 40.5 Å². The van der Waals surface area contributed by atoms with Crippen molar-refractivity contribution in [2.75, 3.05) is 37.7 Å². The number of nitrogens with one attached hydrogen (secondary N) is 1. The lowest BCUT2D eigenvalue weighted by Crippen LogP contribution is -2.51. The Hall–Kier alpha value is -3.32. The topological polar surface area (TPSA) is 57.7 Å². The highest BCUT2D eigenvalue weighted by Gasteiger charge is 2.23. The molecular formula is C25H26N4O2S. The Labute approximate surface area is 191 Å². The van der Waals surface area contributed by atoms with E-state index in [1.54, 1.807) is 11.3 Å². The molecule has 5 rings (SSSR count). The van der Waals surface area contributed by atoms with Crippen LogP contribution in [-0.2, 0) is 6.54 Å². The summed E-state index contributed by atoms with van der Waals surface area (Å²) in [6, 6.07) is 20.5. The zero-order valence-electron chi connectivity index (χ0n) is 18.1. The van der Waals surface area contributed by atoms with E-state index in [1.807, 2.05) is 42.2 Å². The summed E-state index contributed by atoms with van der Waals surface area (Å²) in [5.41, 5.74) is 2.12. The van der Waals surface area contributed by atoms with E-state index in [9.17, 15) is 4.79 Å². The molecule has 6 nitrogen and oxygen atoms in total. The van der Waals surface area contributed by atoms with E-state index in [-0.39, 0.29) is 6.03 Å². The number of nitrogens with zero attached hydrogens (tertiary/aromatic N) is 3. The summed E-state index contributed by atoms with van der Waals surface area (Å²) in [5, 5.41) is 6.48. The lowest BCUT2D eigenvalue weighted by atomic mass is 10.0. The third-order valence-corrected chi connectivity index (χ3v) is 6.89. The molecule has 1 aliphatic rings. The molecule has 4 aromatic rings. The molecule has 0 unspecified atom stereocenters. The summed E-state index contributed by atoms with van der Waals surface area (Å²) in [6.45, 7) is 6.09. The maximum absolute atomic E-state index is 12.8. The van der Waals surface area contributed by atoms with Crippen molar-refractivity contribution in [1.82, 2.24) is 15.2 Å². The molecule has 0 saturated carbocycles. The fourth-order valence-corrected chi connectivity index (χ4v) is 5.16. The van der Waals surface area contributed by atoms with Crippen LogP contribution in [0.3, 0.4) is 0 Å². The van der Waals surface area contributed by atoms with E-state index < -0.39 is 0 Å². The number of carbonyl (C=O) groups excluding carboxylic acids is 1. The molecule has 0 radical (unpaired) electrons. The van der Waals surface area contributed by atoms with Gasteiger partial charge in [-0.05, 0) is 41.5 Å². The highest BCUT2D eigenvalue weighted by molar-refractivity contribution is 7.22. The van der Waals surface area contributed by atoms with E-state index in [4.69, 9.17) is 9.72 Å². The number of benzene rings is 3. The number of urea groups is 1. The zero-order chi connectivity index (χ0) is 21.9. The molecule has 1 fully saturated rings. The van der Waals surface area contributed by atoms with Gasteiger partial charge in [-0.2, -0.15) is 0 Å². The minimum atomic E-state index is -0.0109. The van der Waals surface area contributed by atoms with Gasteiger partial charge in [-0.15, -0.1) is 0 Å². The van der Waals surface area contributed by atoms with Crippen molar-refractivity contribution < 1.29 is 9.53 Å². The third-order valence-electron chi connectivity index (χ3n) is 5.81. The lowest BCUT2D eigenvalue weighted by Gasteiger charge is -2.34. The number of ether oxygens (including phenoxy) is 1. The molecule has 2 amide bonds. The minimum absolute atomic E-state index is 0.0109. The van der Waals surface area contributed by atoms with E-state index >= 15 is 0 Å². The third kappa shape index (κ3) is 4.21. The van der Waals surface area contributed by atoms with Crippen LogP contribution in [-0.4, -0.2) is 48.7 Å². The van der Waals surface area contributed by atoms with Crippen LogP contribution >= 0.6 is 11.3 Å². The van der Waals surface area contributed by atoms with Crippen molar-refractivity contribution in [3.05, 3.63) is 66.2 Å². The number of aromatic nitrogens is 1. The summed E-state index contributed by atoms with van der Waals surface area (Å²) in [5.74, 6) is 0.878. The Morgan fingerprint density at radius 2 is 1.88 bits per heavy atom. The van der Waals surface area contributed by atoms with Crippen molar-refractivity contribution in [1.29, 1.82) is 0 Å². The quantitative estimate of drug-likeness (QED) is 0.475. The number of amides is 2. The molecule has 7 heteroatoms. The molecular weight excluding hydrogens is 420 g/mol. The first kappa shape index (κ1) is 20.6. The number of hydrogen-bond donors (Lipinski definition) is 1. The van der Waals surface area contributed by atoms with Gasteiger partial charge in [0.15, 0.2) is 5.13 Å². The molecule has 1 aromatic heterocycles. The highest BCUT2D eigenvalue weighted by Crippen LogP contribution is 2.32. The number of anilines is 1. The maximum atomic E-state index is 12.8. The summed E-state index contributed by atoms with van der Waals surface area (Å²) in [7, 11) is 0. The van der Waals surface area contributed by atoms with Crippen LogP contribution in [0.1, 0.15) is 12.5 Å². The van der Waals surface area contributed by atoms with Crippen molar-refractivity contribution >= 4 is 43.5 Å². The van der Waals surface area contributed by atoms with Gasteiger partial charge >= 0.3 is 6.03 Å². The Morgan fingerprint density at radius 3 is 2.72 bits per heavy atom. The Kier molecular flexibility index (Phi) is 5.81. The van der Waals surface area contributed by atoms with Gasteiger partial charge in [0.25, 0.3) is 0 Å². The molecule has 2 heterocycles. The van der Waals surface area contributed by atoms with Gasteiger partial charge < -0.3 is 19.9 Å². The number of hydrogen-bond acceptors (Lipinski definition) is 5. The fraction of sp³-hybridized carbons (Fsp3) is 0.280. The lowest BCUT2D eigenvalue weighted by molar-refractivity contribution is 0.194. The highest BCUT2D eigenvalue weighted by atomic mass is 32.1. The second-order valence-electron chi connectivity index (χ2n) is 7.83. The molecule has 0 spiro atoms. The van der Waals surface area contributed by atoms with Gasteiger partial charge in [0.1, 0.15) is 5.75 Å². The van der Waals surface area contributed by atoms with Gasteiger partial charge in [0.2, 0.25) is 0 Å². The van der Waals surface area contributed by atoms with Crippen LogP contribution in [0.25, 0.3) is 21.0 Å². The van der Waals surface area contributed by atoms with Crippen molar-refractivity contribution in [2.45, 2.75) is 13.5 Å². The second kappa shape index (κ2) is 9.04. The minimum Gasteiger partial charge on any atom is -0.494 e. The zero-order valence-corrected chi connectivity index (χ0v) is 18.9. The maximum Gasteiger partial charge on any atom is 0.317 e. The van der Waals surface area contributed by atoms with Crippen molar-refractivity contribution in [2.24, 2.45) is 0 Å². The molecule has 1 saturated heterocycles. The molecule has 0 aliphatic carbocycles. The van der Waals surface area contributed by atoms with Gasteiger partial charge in [-0.3, -0.25) is 0 Å². The van der Waals surface area contributed by atoms with E-state index in [0.717, 1.165) is 39.8 Å². The van der Waals surface area contributed by atoms with Crippen LogP contribution in [0.2, 0.25) is 0 Å². The number of rotatable bonds is 5. The van der Waals surface area contributed by atoms with Gasteiger partial charge in [-0.25, -0.2) is 9.78 Å². The van der Waals surface area contributed by atoms with Crippen LogP contribution < -0.4 is 15.0 Å². The Bertz CT molecular complexity index is 1240. The normalized spacial score (nSPS) is 14.2. The predicted octanol–water partition coefficient (Wildman–Crippen LogP) is 4.88. The SMILES string of the molecule is CCOc1ccc2nc(N3CCN(C(=O)NCc4cccc5ccccc45)CC3)sc2c1. The Morgan fingerprint density at radius 1 is 1.06 bits per heavy atom. The number of piperazine rings is 1.